The molecule has 2 aromatic carbocycles. The van der Waals surface area contributed by atoms with Gasteiger partial charge in [0.1, 0.15) is 11.8 Å². The summed E-state index contributed by atoms with van der Waals surface area (Å²) >= 11 is 0. The third kappa shape index (κ3) is 5.92. The van der Waals surface area contributed by atoms with Gasteiger partial charge in [0.2, 0.25) is 5.91 Å². The Labute approximate surface area is 195 Å². The zero-order valence-electron chi connectivity index (χ0n) is 19.6. The van der Waals surface area contributed by atoms with E-state index >= 15 is 0 Å². The number of hydrogen-bond donors (Lipinski definition) is 1. The molecule has 1 heterocycles. The number of ether oxygens (including phenoxy) is 1. The van der Waals surface area contributed by atoms with Crippen molar-refractivity contribution in [3.8, 4) is 5.75 Å². The van der Waals surface area contributed by atoms with Gasteiger partial charge in [-0.05, 0) is 62.9 Å². The van der Waals surface area contributed by atoms with Crippen molar-refractivity contribution in [2.45, 2.75) is 32.7 Å². The standard InChI is InChI=1S/C26H33N3O4/c1-4-28(5-2)26(32)23(27-24(30)21-12-9-13-22(18-21)33-3)19-14-16-29(17-15-19)25(31)20-10-7-6-8-11-20/h6-13,18-19,23H,4-5,14-17H2,1-3H3,(H,27,30). The summed E-state index contributed by atoms with van der Waals surface area (Å²) in [6, 6.07) is 15.5. The number of benzene rings is 2. The van der Waals surface area contributed by atoms with E-state index in [1.807, 2.05) is 49.1 Å². The number of likely N-dealkylation sites (N-methyl/N-ethyl adjacent to an activating group) is 1. The van der Waals surface area contributed by atoms with Gasteiger partial charge in [-0.25, -0.2) is 0 Å². The second-order valence-corrected chi connectivity index (χ2v) is 8.19. The molecular formula is C26H33N3O4. The van der Waals surface area contributed by atoms with Crippen molar-refractivity contribution in [1.29, 1.82) is 0 Å². The lowest BCUT2D eigenvalue weighted by Crippen LogP contribution is -2.54. The smallest absolute Gasteiger partial charge is 0.253 e. The van der Waals surface area contributed by atoms with Crippen LogP contribution in [0.25, 0.3) is 0 Å². The SMILES string of the molecule is CCN(CC)C(=O)C(NC(=O)c1cccc(OC)c1)C1CCN(C(=O)c2ccccc2)CC1. The first-order valence-corrected chi connectivity index (χ1v) is 11.6. The van der Waals surface area contributed by atoms with Crippen molar-refractivity contribution in [1.82, 2.24) is 15.1 Å². The van der Waals surface area contributed by atoms with E-state index in [0.717, 1.165) is 0 Å². The summed E-state index contributed by atoms with van der Waals surface area (Å²) in [7, 11) is 1.55. The molecule has 1 N–H and O–H groups in total. The summed E-state index contributed by atoms with van der Waals surface area (Å²) < 4.78 is 5.22. The van der Waals surface area contributed by atoms with Crippen LogP contribution in [-0.4, -0.2) is 66.9 Å². The minimum Gasteiger partial charge on any atom is -0.497 e. The molecule has 3 rings (SSSR count). The summed E-state index contributed by atoms with van der Waals surface area (Å²) in [4.78, 5) is 42.7. The average Bonchev–Trinajstić information content (AvgIpc) is 2.88. The summed E-state index contributed by atoms with van der Waals surface area (Å²) in [6.07, 6.45) is 1.29. The Morgan fingerprint density at radius 3 is 2.24 bits per heavy atom. The number of methoxy groups -OCH3 is 1. The first-order valence-electron chi connectivity index (χ1n) is 11.6. The van der Waals surface area contributed by atoms with Crippen LogP contribution in [0, 0.1) is 5.92 Å². The molecule has 1 aliphatic heterocycles. The minimum absolute atomic E-state index is 0.00101. The van der Waals surface area contributed by atoms with Gasteiger partial charge < -0.3 is 19.9 Å². The lowest BCUT2D eigenvalue weighted by Gasteiger charge is -2.37. The van der Waals surface area contributed by atoms with E-state index in [9.17, 15) is 14.4 Å². The van der Waals surface area contributed by atoms with Crippen molar-refractivity contribution in [3.63, 3.8) is 0 Å². The zero-order valence-corrected chi connectivity index (χ0v) is 19.6. The van der Waals surface area contributed by atoms with Gasteiger partial charge >= 0.3 is 0 Å². The first-order chi connectivity index (χ1) is 16.0. The van der Waals surface area contributed by atoms with Crippen LogP contribution < -0.4 is 10.1 Å². The van der Waals surface area contributed by atoms with Gasteiger partial charge in [0.05, 0.1) is 7.11 Å². The largest absolute Gasteiger partial charge is 0.497 e. The second kappa shape index (κ2) is 11.5. The summed E-state index contributed by atoms with van der Waals surface area (Å²) in [6.45, 7) is 6.12. The van der Waals surface area contributed by atoms with Gasteiger partial charge in [0.25, 0.3) is 11.8 Å². The Balaban J connectivity index is 1.74. The Bertz CT molecular complexity index is 951. The maximum atomic E-state index is 13.3. The van der Waals surface area contributed by atoms with Crippen molar-refractivity contribution in [2.75, 3.05) is 33.3 Å². The van der Waals surface area contributed by atoms with Crippen LogP contribution in [0.5, 0.6) is 5.75 Å². The average molecular weight is 452 g/mol. The van der Waals surface area contributed by atoms with Crippen LogP contribution >= 0.6 is 0 Å². The van der Waals surface area contributed by atoms with E-state index < -0.39 is 6.04 Å². The summed E-state index contributed by atoms with van der Waals surface area (Å²) in [5.74, 6) is 0.154. The molecule has 0 aliphatic carbocycles. The minimum atomic E-state index is -0.641. The Hall–Kier alpha value is -3.35. The van der Waals surface area contributed by atoms with Crippen molar-refractivity contribution >= 4 is 17.7 Å². The predicted octanol–water partition coefficient (Wildman–Crippen LogP) is 3.21. The first kappa shape index (κ1) is 24.3. The van der Waals surface area contributed by atoms with Crippen molar-refractivity contribution < 1.29 is 19.1 Å². The topological polar surface area (TPSA) is 79.0 Å². The van der Waals surface area contributed by atoms with Crippen LogP contribution in [0.15, 0.2) is 54.6 Å². The summed E-state index contributed by atoms with van der Waals surface area (Å²) in [5, 5.41) is 2.99. The van der Waals surface area contributed by atoms with Crippen LogP contribution in [0.4, 0.5) is 0 Å². The molecule has 176 valence electrons. The molecule has 0 saturated carbocycles. The van der Waals surface area contributed by atoms with Gasteiger partial charge in [-0.2, -0.15) is 0 Å². The van der Waals surface area contributed by atoms with E-state index in [1.165, 1.54) is 0 Å². The molecule has 2 aromatic rings. The molecule has 7 nitrogen and oxygen atoms in total. The quantitative estimate of drug-likeness (QED) is 0.669. The molecule has 0 bridgehead atoms. The van der Waals surface area contributed by atoms with Gasteiger partial charge in [-0.1, -0.05) is 24.3 Å². The fraction of sp³-hybridized carbons (Fsp3) is 0.423. The second-order valence-electron chi connectivity index (χ2n) is 8.19. The fourth-order valence-corrected chi connectivity index (χ4v) is 4.30. The van der Waals surface area contributed by atoms with Gasteiger partial charge in [-0.3, -0.25) is 14.4 Å². The van der Waals surface area contributed by atoms with Crippen LogP contribution in [0.3, 0.4) is 0 Å². The van der Waals surface area contributed by atoms with E-state index in [0.29, 0.717) is 55.9 Å². The molecule has 0 radical (unpaired) electrons. The third-order valence-electron chi connectivity index (χ3n) is 6.28. The fourth-order valence-electron chi connectivity index (χ4n) is 4.30. The van der Waals surface area contributed by atoms with E-state index in [-0.39, 0.29) is 23.6 Å². The third-order valence-corrected chi connectivity index (χ3v) is 6.28. The molecular weight excluding hydrogens is 418 g/mol. The van der Waals surface area contributed by atoms with E-state index in [1.54, 1.807) is 36.3 Å². The number of amides is 3. The molecule has 0 aromatic heterocycles. The van der Waals surface area contributed by atoms with Crippen LogP contribution in [0.1, 0.15) is 47.4 Å². The lowest BCUT2D eigenvalue weighted by molar-refractivity contribution is -0.134. The number of carbonyl (C=O) groups excluding carboxylic acids is 3. The number of rotatable bonds is 8. The van der Waals surface area contributed by atoms with Crippen molar-refractivity contribution in [3.05, 3.63) is 65.7 Å². The molecule has 0 spiro atoms. The number of hydrogen-bond acceptors (Lipinski definition) is 4. The molecule has 1 unspecified atom stereocenters. The molecule has 3 amide bonds. The molecule has 1 saturated heterocycles. The number of nitrogens with zero attached hydrogens (tertiary/aromatic N) is 2. The normalized spacial score (nSPS) is 14.9. The monoisotopic (exact) mass is 451 g/mol. The zero-order chi connectivity index (χ0) is 23.8. The van der Waals surface area contributed by atoms with E-state index in [2.05, 4.69) is 5.32 Å². The highest BCUT2D eigenvalue weighted by Gasteiger charge is 2.35. The van der Waals surface area contributed by atoms with E-state index in [4.69, 9.17) is 4.74 Å². The Morgan fingerprint density at radius 1 is 1.00 bits per heavy atom. The number of nitrogens with one attached hydrogen (secondary N) is 1. The van der Waals surface area contributed by atoms with Crippen molar-refractivity contribution in [2.24, 2.45) is 5.92 Å². The molecule has 1 atom stereocenters. The van der Waals surface area contributed by atoms with Crippen LogP contribution in [0.2, 0.25) is 0 Å². The lowest BCUT2D eigenvalue weighted by atomic mass is 9.87. The molecule has 1 aliphatic rings. The summed E-state index contributed by atoms with van der Waals surface area (Å²) in [5.41, 5.74) is 1.11. The number of likely N-dealkylation sites (tertiary alicyclic amines) is 1. The number of carbonyl (C=O) groups is 3. The van der Waals surface area contributed by atoms with Gasteiger partial charge in [0.15, 0.2) is 0 Å². The molecule has 7 heteroatoms. The maximum absolute atomic E-state index is 13.3. The Kier molecular flexibility index (Phi) is 8.46. The van der Waals surface area contributed by atoms with Gasteiger partial charge in [0, 0.05) is 37.3 Å². The van der Waals surface area contributed by atoms with Gasteiger partial charge in [-0.15, -0.1) is 0 Å². The maximum Gasteiger partial charge on any atom is 0.253 e. The Morgan fingerprint density at radius 2 is 1.64 bits per heavy atom. The predicted molar refractivity (Wildman–Crippen MR) is 127 cm³/mol. The molecule has 1 fully saturated rings. The van der Waals surface area contributed by atoms with Crippen LogP contribution in [-0.2, 0) is 4.79 Å². The highest BCUT2D eigenvalue weighted by atomic mass is 16.5. The number of piperidine rings is 1. The highest BCUT2D eigenvalue weighted by molar-refractivity contribution is 5.98. The highest BCUT2D eigenvalue weighted by Crippen LogP contribution is 2.24. The molecule has 33 heavy (non-hydrogen) atoms.